The first-order valence-electron chi connectivity index (χ1n) is 7.78. The lowest BCUT2D eigenvalue weighted by Crippen LogP contribution is -2.50. The number of nitrogens with one attached hydrogen (secondary N) is 2. The quantitative estimate of drug-likeness (QED) is 0.790. The normalized spacial score (nSPS) is 14.2. The molecule has 0 spiro atoms. The van der Waals surface area contributed by atoms with Gasteiger partial charge < -0.3 is 19.9 Å². The van der Waals surface area contributed by atoms with Gasteiger partial charge in [0.1, 0.15) is 11.6 Å². The summed E-state index contributed by atoms with van der Waals surface area (Å²) in [6, 6.07) is 3.89. The molecule has 0 radical (unpaired) electrons. The minimum absolute atomic E-state index is 0.0836. The molecular weight excluding hydrogens is 332 g/mol. The number of hydrogen-bond acceptors (Lipinski definition) is 6. The van der Waals surface area contributed by atoms with Crippen LogP contribution >= 0.6 is 11.6 Å². The van der Waals surface area contributed by atoms with Gasteiger partial charge >= 0.3 is 0 Å². The summed E-state index contributed by atoms with van der Waals surface area (Å²) < 4.78 is 10.1. The van der Waals surface area contributed by atoms with Gasteiger partial charge in [-0.05, 0) is 31.4 Å². The van der Waals surface area contributed by atoms with Crippen LogP contribution in [0, 0.1) is 6.92 Å². The fourth-order valence-corrected chi connectivity index (χ4v) is 2.53. The lowest BCUT2D eigenvalue weighted by Gasteiger charge is -2.26. The molecule has 24 heavy (non-hydrogen) atoms. The summed E-state index contributed by atoms with van der Waals surface area (Å²) in [4.78, 5) is 16.0. The van der Waals surface area contributed by atoms with Crippen molar-refractivity contribution in [3.05, 3.63) is 40.4 Å². The molecule has 2 N–H and O–H groups in total. The number of rotatable bonds is 7. The van der Waals surface area contributed by atoms with E-state index >= 15 is 0 Å². The van der Waals surface area contributed by atoms with Crippen molar-refractivity contribution in [1.29, 1.82) is 0 Å². The maximum atomic E-state index is 11.8. The fourth-order valence-electron chi connectivity index (χ4n) is 2.34. The second-order valence-corrected chi connectivity index (χ2v) is 6.15. The first kappa shape index (κ1) is 16.7. The molecule has 2 aromatic rings. The number of carbonyl (C=O) groups excluding carboxylic acids is 1. The van der Waals surface area contributed by atoms with Crippen LogP contribution < -0.4 is 10.6 Å². The number of anilines is 1. The van der Waals surface area contributed by atoms with Gasteiger partial charge in [-0.3, -0.25) is 4.79 Å². The van der Waals surface area contributed by atoms with E-state index in [9.17, 15) is 4.79 Å². The Bertz CT molecular complexity index is 715. The van der Waals surface area contributed by atoms with Crippen LogP contribution in [0.4, 0.5) is 5.82 Å². The van der Waals surface area contributed by atoms with Crippen LogP contribution in [0.15, 0.2) is 22.9 Å². The van der Waals surface area contributed by atoms with Crippen LogP contribution in [0.2, 0.25) is 5.02 Å². The monoisotopic (exact) mass is 350 g/mol. The summed E-state index contributed by atoms with van der Waals surface area (Å²) in [5.74, 6) is 1.32. The van der Waals surface area contributed by atoms with Crippen LogP contribution in [0.5, 0.6) is 0 Å². The fraction of sp³-hybridized carbons (Fsp3) is 0.438. The van der Waals surface area contributed by atoms with E-state index in [-0.39, 0.29) is 18.5 Å². The molecule has 1 saturated heterocycles. The molecule has 3 rings (SSSR count). The molecule has 2 aromatic heterocycles. The van der Waals surface area contributed by atoms with Crippen LogP contribution in [-0.2, 0) is 22.4 Å². The first-order chi connectivity index (χ1) is 11.6. The molecule has 8 heteroatoms. The Labute approximate surface area is 144 Å². The highest BCUT2D eigenvalue weighted by Crippen LogP contribution is 2.20. The molecule has 0 aromatic carbocycles. The third kappa shape index (κ3) is 4.46. The molecule has 1 amide bonds. The second-order valence-electron chi connectivity index (χ2n) is 5.75. The number of pyridine rings is 1. The van der Waals surface area contributed by atoms with Gasteiger partial charge in [-0.25, -0.2) is 4.98 Å². The van der Waals surface area contributed by atoms with E-state index in [4.69, 9.17) is 20.9 Å². The Hall–Kier alpha value is -2.12. The Balaban J connectivity index is 1.53. The van der Waals surface area contributed by atoms with Crippen molar-refractivity contribution in [2.24, 2.45) is 0 Å². The third-order valence-corrected chi connectivity index (χ3v) is 4.04. The van der Waals surface area contributed by atoms with Crippen molar-refractivity contribution in [1.82, 2.24) is 15.5 Å². The summed E-state index contributed by atoms with van der Waals surface area (Å²) in [5.41, 5.74) is 1.83. The average molecular weight is 351 g/mol. The highest BCUT2D eigenvalue weighted by atomic mass is 35.5. The predicted octanol–water partition coefficient (Wildman–Crippen LogP) is 1.74. The Morgan fingerprint density at radius 1 is 1.38 bits per heavy atom. The third-order valence-electron chi connectivity index (χ3n) is 3.70. The van der Waals surface area contributed by atoms with E-state index in [1.165, 1.54) is 0 Å². The molecule has 0 bridgehead atoms. The van der Waals surface area contributed by atoms with Crippen LogP contribution in [0.3, 0.4) is 0 Å². The smallest absolute Gasteiger partial charge is 0.239 e. The number of hydrogen-bond donors (Lipinski definition) is 2. The topological polar surface area (TPSA) is 89.3 Å². The van der Waals surface area contributed by atoms with E-state index in [1.54, 1.807) is 6.20 Å². The lowest BCUT2D eigenvalue weighted by atomic mass is 10.1. The van der Waals surface area contributed by atoms with E-state index in [1.807, 2.05) is 19.1 Å². The number of aromatic nitrogens is 2. The van der Waals surface area contributed by atoms with Gasteiger partial charge in [0, 0.05) is 12.3 Å². The summed E-state index contributed by atoms with van der Waals surface area (Å²) in [7, 11) is 0. The van der Waals surface area contributed by atoms with Crippen LogP contribution in [-0.4, -0.2) is 41.8 Å². The molecule has 0 saturated carbocycles. The van der Waals surface area contributed by atoms with Gasteiger partial charge in [0.2, 0.25) is 5.91 Å². The molecule has 1 fully saturated rings. The molecule has 1 aliphatic rings. The van der Waals surface area contributed by atoms with E-state index in [0.717, 1.165) is 23.4 Å². The van der Waals surface area contributed by atoms with E-state index in [0.29, 0.717) is 30.5 Å². The molecule has 0 unspecified atom stereocenters. The molecule has 7 nitrogen and oxygen atoms in total. The van der Waals surface area contributed by atoms with Crippen molar-refractivity contribution in [3.8, 4) is 0 Å². The number of halogens is 1. The predicted molar refractivity (Wildman–Crippen MR) is 89.1 cm³/mol. The maximum absolute atomic E-state index is 11.8. The van der Waals surface area contributed by atoms with Gasteiger partial charge in [-0.15, -0.1) is 0 Å². The van der Waals surface area contributed by atoms with Crippen molar-refractivity contribution >= 4 is 23.3 Å². The SMILES string of the molecule is Cc1cc(CCc2cc(NCC(=O)NC3COC3)ncc2Cl)no1. The van der Waals surface area contributed by atoms with E-state index < -0.39 is 0 Å². The van der Waals surface area contributed by atoms with Gasteiger partial charge in [-0.2, -0.15) is 0 Å². The number of nitrogens with zero attached hydrogens (tertiary/aromatic N) is 2. The van der Waals surface area contributed by atoms with Crippen LogP contribution in [0.25, 0.3) is 0 Å². The zero-order valence-electron chi connectivity index (χ0n) is 13.3. The number of aryl methyl sites for hydroxylation is 3. The van der Waals surface area contributed by atoms with E-state index in [2.05, 4.69) is 20.8 Å². The zero-order chi connectivity index (χ0) is 16.9. The van der Waals surface area contributed by atoms with Crippen molar-refractivity contribution < 1.29 is 14.1 Å². The maximum Gasteiger partial charge on any atom is 0.239 e. The second kappa shape index (κ2) is 7.63. The molecule has 0 aliphatic carbocycles. The molecule has 1 aliphatic heterocycles. The molecular formula is C16H19ClN4O3. The number of ether oxygens (including phenoxy) is 1. The number of amides is 1. The Morgan fingerprint density at radius 2 is 2.21 bits per heavy atom. The largest absolute Gasteiger partial charge is 0.377 e. The Morgan fingerprint density at radius 3 is 2.88 bits per heavy atom. The van der Waals surface area contributed by atoms with Crippen molar-refractivity contribution in [2.75, 3.05) is 25.1 Å². The summed E-state index contributed by atoms with van der Waals surface area (Å²) >= 11 is 6.20. The van der Waals surface area contributed by atoms with Crippen molar-refractivity contribution in [3.63, 3.8) is 0 Å². The average Bonchev–Trinajstić information content (AvgIpc) is 2.94. The zero-order valence-corrected chi connectivity index (χ0v) is 14.1. The summed E-state index contributed by atoms with van der Waals surface area (Å²) in [5, 5.41) is 10.4. The van der Waals surface area contributed by atoms with Crippen molar-refractivity contribution in [2.45, 2.75) is 25.8 Å². The minimum atomic E-state index is -0.0836. The standard InChI is InChI=1S/C16H19ClN4O3/c1-10-4-12(21-24-10)3-2-11-5-15(18-6-14(11)17)19-7-16(22)20-13-8-23-9-13/h4-6,13H,2-3,7-9H2,1H3,(H,18,19)(H,20,22). The number of carbonyl (C=O) groups is 1. The van der Waals surface area contributed by atoms with Gasteiger partial charge in [0.05, 0.1) is 36.5 Å². The van der Waals surface area contributed by atoms with Gasteiger partial charge in [0.25, 0.3) is 0 Å². The lowest BCUT2D eigenvalue weighted by molar-refractivity contribution is -0.123. The first-order valence-corrected chi connectivity index (χ1v) is 8.15. The summed E-state index contributed by atoms with van der Waals surface area (Å²) in [6.45, 7) is 3.18. The minimum Gasteiger partial charge on any atom is -0.377 e. The van der Waals surface area contributed by atoms with Gasteiger partial charge in [0.15, 0.2) is 0 Å². The van der Waals surface area contributed by atoms with Crippen LogP contribution in [0.1, 0.15) is 17.0 Å². The molecule has 3 heterocycles. The highest BCUT2D eigenvalue weighted by Gasteiger charge is 2.20. The Kier molecular flexibility index (Phi) is 5.32. The molecule has 128 valence electrons. The van der Waals surface area contributed by atoms with Gasteiger partial charge in [-0.1, -0.05) is 16.8 Å². The summed E-state index contributed by atoms with van der Waals surface area (Å²) in [6.07, 6.45) is 3.03. The molecule has 0 atom stereocenters. The highest BCUT2D eigenvalue weighted by molar-refractivity contribution is 6.31.